The normalized spacial score (nSPS) is 19.6. The first-order valence-corrected chi connectivity index (χ1v) is 10.1. The fourth-order valence-corrected chi connectivity index (χ4v) is 4.59. The maximum absolute atomic E-state index is 13.9. The summed E-state index contributed by atoms with van der Waals surface area (Å²) in [5.41, 5.74) is 13.8. The highest BCUT2D eigenvalue weighted by molar-refractivity contribution is 5.89. The lowest BCUT2D eigenvalue weighted by Crippen LogP contribution is -2.36. The molecule has 6 heteroatoms. The minimum absolute atomic E-state index is 0.179. The molecule has 4 rings (SSSR count). The number of aromatic nitrogens is 1. The van der Waals surface area contributed by atoms with E-state index in [9.17, 15) is 4.39 Å². The molecule has 5 nitrogen and oxygen atoms in total. The van der Waals surface area contributed by atoms with E-state index in [1.54, 1.807) is 6.07 Å². The first-order valence-electron chi connectivity index (χ1n) is 10.1. The van der Waals surface area contributed by atoms with E-state index >= 15 is 0 Å². The molecule has 0 atom stereocenters. The van der Waals surface area contributed by atoms with Gasteiger partial charge in [0.15, 0.2) is 0 Å². The number of halogens is 1. The number of nitrogens with zero attached hydrogens (tertiary/aromatic N) is 2. The summed E-state index contributed by atoms with van der Waals surface area (Å²) in [5, 5.41) is 5.21. The molecule has 5 N–H and O–H groups in total. The van der Waals surface area contributed by atoms with E-state index in [4.69, 9.17) is 11.6 Å². The third kappa shape index (κ3) is 3.27. The second kappa shape index (κ2) is 7.52. The molecule has 0 amide bonds. The summed E-state index contributed by atoms with van der Waals surface area (Å²) < 4.78 is 16.2. The van der Waals surface area contributed by atoms with Crippen molar-refractivity contribution < 1.29 is 4.39 Å². The maximum Gasteiger partial charge on any atom is 0.126 e. The van der Waals surface area contributed by atoms with Gasteiger partial charge in [-0.15, -0.1) is 0 Å². The molecule has 152 valence electrons. The molecule has 0 bridgehead atoms. The van der Waals surface area contributed by atoms with E-state index < -0.39 is 0 Å². The van der Waals surface area contributed by atoms with Gasteiger partial charge in [-0.25, -0.2) is 15.8 Å². The number of benzene rings is 2. The number of hydrogen-bond acceptors (Lipinski definition) is 3. The molecular weight excluding hydrogens is 365 g/mol. The van der Waals surface area contributed by atoms with Gasteiger partial charge in [-0.2, -0.15) is 5.10 Å². The van der Waals surface area contributed by atoms with E-state index in [-0.39, 0.29) is 11.7 Å². The summed E-state index contributed by atoms with van der Waals surface area (Å²) in [6.07, 6.45) is 1.90. The lowest BCUT2D eigenvalue weighted by atomic mass is 9.69. The van der Waals surface area contributed by atoms with Crippen LogP contribution in [0.3, 0.4) is 0 Å². The Morgan fingerprint density at radius 1 is 1.21 bits per heavy atom. The van der Waals surface area contributed by atoms with E-state index in [0.717, 1.165) is 24.0 Å². The number of hydrogen-bond donors (Lipinski definition) is 3. The van der Waals surface area contributed by atoms with Gasteiger partial charge in [0.1, 0.15) is 11.7 Å². The van der Waals surface area contributed by atoms with Gasteiger partial charge in [0, 0.05) is 22.7 Å². The summed E-state index contributed by atoms with van der Waals surface area (Å²) in [6, 6.07) is 13.8. The van der Waals surface area contributed by atoms with Gasteiger partial charge >= 0.3 is 0 Å². The molecular formula is C23H28FN5. The van der Waals surface area contributed by atoms with E-state index in [2.05, 4.69) is 53.3 Å². The predicted molar refractivity (Wildman–Crippen MR) is 116 cm³/mol. The average Bonchev–Trinajstić information content (AvgIpc) is 2.98. The van der Waals surface area contributed by atoms with Crippen LogP contribution in [-0.2, 0) is 0 Å². The minimum atomic E-state index is -0.179. The SMILES string of the molecule is Cc1cc(-n2c(C(C)C)c(C3CC(/C(N)=N/NN)C3)c3ccccc32)ccc1F. The van der Waals surface area contributed by atoms with Crippen LogP contribution >= 0.6 is 0 Å². The van der Waals surface area contributed by atoms with Crippen LogP contribution in [-0.4, -0.2) is 10.4 Å². The molecule has 2 aromatic carbocycles. The quantitative estimate of drug-likeness (QED) is 0.260. The number of hydrazone groups is 1. The van der Waals surface area contributed by atoms with Crippen molar-refractivity contribution in [1.29, 1.82) is 0 Å². The highest BCUT2D eigenvalue weighted by Crippen LogP contribution is 2.48. The molecule has 1 aromatic heterocycles. The van der Waals surface area contributed by atoms with Gasteiger partial charge < -0.3 is 10.3 Å². The standard InChI is InChI=1S/C23H28FN5/c1-13(2)22-21(15-11-16(12-15)23(25)27-28-26)18-6-4-5-7-20(18)29(22)17-8-9-19(24)14(3)10-17/h4-10,13,15-16,28H,11-12,26H2,1-3H3,(H2,25,27). The van der Waals surface area contributed by atoms with Crippen LogP contribution in [0.1, 0.15) is 55.3 Å². The molecule has 1 aliphatic carbocycles. The van der Waals surface area contributed by atoms with Gasteiger partial charge in [-0.3, -0.25) is 0 Å². The summed E-state index contributed by atoms with van der Waals surface area (Å²) in [6.45, 7) is 6.24. The van der Waals surface area contributed by atoms with Crippen molar-refractivity contribution in [2.45, 2.75) is 45.4 Å². The topological polar surface area (TPSA) is 81.4 Å². The summed E-state index contributed by atoms with van der Waals surface area (Å²) in [7, 11) is 0. The van der Waals surface area contributed by atoms with E-state index in [1.807, 2.05) is 19.1 Å². The molecule has 1 fully saturated rings. The van der Waals surface area contributed by atoms with Crippen LogP contribution < -0.4 is 17.1 Å². The fourth-order valence-electron chi connectivity index (χ4n) is 4.59. The average molecular weight is 394 g/mol. The number of fused-ring (bicyclic) bond motifs is 1. The van der Waals surface area contributed by atoms with E-state index in [0.29, 0.717) is 23.2 Å². The summed E-state index contributed by atoms with van der Waals surface area (Å²) in [5.74, 6) is 6.63. The second-order valence-corrected chi connectivity index (χ2v) is 8.27. The zero-order valence-corrected chi connectivity index (χ0v) is 17.1. The van der Waals surface area contributed by atoms with Crippen molar-refractivity contribution in [3.63, 3.8) is 0 Å². The van der Waals surface area contributed by atoms with E-state index in [1.165, 1.54) is 16.6 Å². The Morgan fingerprint density at radius 2 is 1.93 bits per heavy atom. The number of rotatable bonds is 5. The highest BCUT2D eigenvalue weighted by Gasteiger charge is 2.37. The molecule has 0 saturated heterocycles. The van der Waals surface area contributed by atoms with Gasteiger partial charge in [0.05, 0.1) is 5.52 Å². The third-order valence-corrected chi connectivity index (χ3v) is 6.06. The predicted octanol–water partition coefficient (Wildman–Crippen LogP) is 4.43. The largest absolute Gasteiger partial charge is 0.385 e. The minimum Gasteiger partial charge on any atom is -0.385 e. The van der Waals surface area contributed by atoms with Gasteiger partial charge in [-0.1, -0.05) is 32.0 Å². The Hall–Kier alpha value is -2.86. The van der Waals surface area contributed by atoms with Crippen molar-refractivity contribution in [2.24, 2.45) is 22.6 Å². The Balaban J connectivity index is 1.87. The summed E-state index contributed by atoms with van der Waals surface area (Å²) >= 11 is 0. The Kier molecular flexibility index (Phi) is 5.04. The van der Waals surface area contributed by atoms with Gasteiger partial charge in [-0.05, 0) is 67.0 Å². The number of para-hydroxylation sites is 1. The van der Waals surface area contributed by atoms with Crippen molar-refractivity contribution in [3.05, 3.63) is 65.1 Å². The summed E-state index contributed by atoms with van der Waals surface area (Å²) in [4.78, 5) is 0. The Labute approximate surface area is 170 Å². The Morgan fingerprint density at radius 3 is 2.59 bits per heavy atom. The van der Waals surface area contributed by atoms with Crippen molar-refractivity contribution in [1.82, 2.24) is 10.1 Å². The number of nitrogens with one attached hydrogen (secondary N) is 1. The molecule has 3 aromatic rings. The molecule has 1 heterocycles. The molecule has 0 radical (unpaired) electrons. The lowest BCUT2D eigenvalue weighted by molar-refractivity contribution is 0.340. The van der Waals surface area contributed by atoms with Crippen LogP contribution in [0.4, 0.5) is 4.39 Å². The Bertz CT molecular complexity index is 1080. The molecule has 1 saturated carbocycles. The molecule has 0 spiro atoms. The van der Waals surface area contributed by atoms with Crippen LogP contribution in [0.5, 0.6) is 0 Å². The van der Waals surface area contributed by atoms with Crippen LogP contribution in [0.25, 0.3) is 16.6 Å². The molecule has 1 aliphatic rings. The molecule has 0 aliphatic heterocycles. The van der Waals surface area contributed by atoms with Gasteiger partial charge in [0.2, 0.25) is 0 Å². The maximum atomic E-state index is 13.9. The van der Waals surface area contributed by atoms with Crippen molar-refractivity contribution in [2.75, 3.05) is 0 Å². The lowest BCUT2D eigenvalue weighted by Gasteiger charge is -2.36. The zero-order chi connectivity index (χ0) is 20.7. The number of hydrazine groups is 1. The smallest absolute Gasteiger partial charge is 0.126 e. The fraction of sp³-hybridized carbons (Fsp3) is 0.348. The molecule has 0 unspecified atom stereocenters. The van der Waals surface area contributed by atoms with Crippen LogP contribution in [0.15, 0.2) is 47.6 Å². The second-order valence-electron chi connectivity index (χ2n) is 8.27. The molecule has 29 heavy (non-hydrogen) atoms. The number of aryl methyl sites for hydroxylation is 1. The third-order valence-electron chi connectivity index (χ3n) is 6.06. The van der Waals surface area contributed by atoms with Crippen LogP contribution in [0, 0.1) is 18.7 Å². The van der Waals surface area contributed by atoms with Crippen molar-refractivity contribution >= 4 is 16.7 Å². The number of nitrogens with two attached hydrogens (primary N) is 2. The first-order chi connectivity index (χ1) is 13.9. The first kappa shape index (κ1) is 19.5. The van der Waals surface area contributed by atoms with Crippen LogP contribution in [0.2, 0.25) is 0 Å². The highest BCUT2D eigenvalue weighted by atomic mass is 19.1. The monoisotopic (exact) mass is 393 g/mol. The van der Waals surface area contributed by atoms with Crippen molar-refractivity contribution in [3.8, 4) is 5.69 Å². The zero-order valence-electron chi connectivity index (χ0n) is 17.1. The number of amidine groups is 1. The van der Waals surface area contributed by atoms with Gasteiger partial charge in [0.25, 0.3) is 0 Å².